The molecule has 0 saturated heterocycles. The van der Waals surface area contributed by atoms with E-state index in [0.717, 1.165) is 16.6 Å². The molecule has 3 heteroatoms. The van der Waals surface area contributed by atoms with Crippen LogP contribution in [-0.2, 0) is 0 Å². The first-order valence-electron chi connectivity index (χ1n) is 4.24. The average molecular weight is 210 g/mol. The lowest BCUT2D eigenvalue weighted by atomic mass is 10.1. The van der Waals surface area contributed by atoms with Crippen molar-refractivity contribution in [2.45, 2.75) is 13.8 Å². The van der Waals surface area contributed by atoms with E-state index in [1.807, 2.05) is 32.0 Å². The molecule has 2 nitrogen and oxygen atoms in total. The third-order valence-electron chi connectivity index (χ3n) is 2.06. The number of halogens is 1. The predicted octanol–water partition coefficient (Wildman–Crippen LogP) is 2.98. The lowest BCUT2D eigenvalue weighted by Crippen LogP contribution is -1.84. The van der Waals surface area contributed by atoms with Gasteiger partial charge in [0.15, 0.2) is 0 Å². The first-order valence-corrected chi connectivity index (χ1v) is 4.24. The number of fused-ring (bicyclic) bond motifs is 1. The van der Waals surface area contributed by atoms with E-state index in [2.05, 4.69) is 4.98 Å². The largest absolute Gasteiger partial charge is 0.506 e. The van der Waals surface area contributed by atoms with Crippen LogP contribution in [0.4, 0.5) is 0 Å². The highest BCUT2D eigenvalue weighted by Crippen LogP contribution is 2.24. The Bertz CT molecular complexity index is 468. The van der Waals surface area contributed by atoms with Crippen LogP contribution in [0, 0.1) is 13.8 Å². The van der Waals surface area contributed by atoms with Gasteiger partial charge in [-0.2, -0.15) is 0 Å². The maximum absolute atomic E-state index is 9.61. The first-order chi connectivity index (χ1) is 6.16. The fourth-order valence-electron chi connectivity index (χ4n) is 1.46. The zero-order chi connectivity index (χ0) is 9.42. The molecule has 14 heavy (non-hydrogen) atoms. The molecule has 2 rings (SSSR count). The van der Waals surface area contributed by atoms with Gasteiger partial charge in [-0.25, -0.2) is 4.98 Å². The molecule has 0 radical (unpaired) electrons. The molecule has 0 bridgehead atoms. The Kier molecular flexibility index (Phi) is 2.96. The quantitative estimate of drug-likeness (QED) is 0.724. The molecule has 74 valence electrons. The number of hydrogen-bond donors (Lipinski definition) is 1. The van der Waals surface area contributed by atoms with Gasteiger partial charge in [0.1, 0.15) is 11.3 Å². The number of phenols is 1. The van der Waals surface area contributed by atoms with Crippen LogP contribution in [0.25, 0.3) is 10.9 Å². The van der Waals surface area contributed by atoms with E-state index >= 15 is 0 Å². The smallest absolute Gasteiger partial charge is 0.142 e. The van der Waals surface area contributed by atoms with Crippen LogP contribution in [-0.4, -0.2) is 10.1 Å². The van der Waals surface area contributed by atoms with Gasteiger partial charge in [0.25, 0.3) is 0 Å². The Labute approximate surface area is 89.0 Å². The highest BCUT2D eigenvalue weighted by molar-refractivity contribution is 5.85. The molecule has 1 N–H and O–H groups in total. The first kappa shape index (κ1) is 10.8. The molecule has 1 aromatic carbocycles. The molecular formula is C11H12ClNO. The van der Waals surface area contributed by atoms with Crippen molar-refractivity contribution in [3.05, 3.63) is 35.5 Å². The van der Waals surface area contributed by atoms with Crippen LogP contribution in [0.1, 0.15) is 11.3 Å². The molecular weight excluding hydrogens is 198 g/mol. The Hall–Kier alpha value is -1.28. The van der Waals surface area contributed by atoms with E-state index in [0.29, 0.717) is 5.52 Å². The van der Waals surface area contributed by atoms with Crippen LogP contribution < -0.4 is 0 Å². The van der Waals surface area contributed by atoms with Crippen molar-refractivity contribution in [2.75, 3.05) is 0 Å². The molecule has 2 aromatic rings. The second-order valence-corrected chi connectivity index (χ2v) is 3.31. The predicted molar refractivity (Wildman–Crippen MR) is 60.1 cm³/mol. The van der Waals surface area contributed by atoms with Crippen molar-refractivity contribution >= 4 is 23.3 Å². The average Bonchev–Trinajstić information content (AvgIpc) is 2.06. The number of aromatic nitrogens is 1. The van der Waals surface area contributed by atoms with Crippen molar-refractivity contribution in [3.63, 3.8) is 0 Å². The van der Waals surface area contributed by atoms with Crippen LogP contribution in [0.2, 0.25) is 0 Å². The summed E-state index contributed by atoms with van der Waals surface area (Å²) < 4.78 is 0. The molecule has 0 spiro atoms. The zero-order valence-corrected chi connectivity index (χ0v) is 8.93. The maximum atomic E-state index is 9.61. The number of rotatable bonds is 0. The van der Waals surface area contributed by atoms with Gasteiger partial charge in [-0.05, 0) is 37.6 Å². The van der Waals surface area contributed by atoms with Crippen molar-refractivity contribution < 1.29 is 5.11 Å². The van der Waals surface area contributed by atoms with Crippen LogP contribution in [0.5, 0.6) is 5.75 Å². The van der Waals surface area contributed by atoms with Crippen LogP contribution in [0.15, 0.2) is 24.3 Å². The van der Waals surface area contributed by atoms with E-state index in [1.165, 1.54) is 0 Å². The summed E-state index contributed by atoms with van der Waals surface area (Å²) in [5, 5.41) is 10.6. The number of hydrogen-bond acceptors (Lipinski definition) is 2. The van der Waals surface area contributed by atoms with Crippen molar-refractivity contribution in [1.29, 1.82) is 0 Å². The molecule has 1 aromatic heterocycles. The van der Waals surface area contributed by atoms with Crippen molar-refractivity contribution in [1.82, 2.24) is 4.98 Å². The monoisotopic (exact) mass is 209 g/mol. The van der Waals surface area contributed by atoms with E-state index in [9.17, 15) is 5.11 Å². The Morgan fingerprint density at radius 2 is 1.86 bits per heavy atom. The SMILES string of the molecule is Cc1cc(O)c2nc(C)ccc2c1.Cl. The third kappa shape index (κ3) is 1.80. The van der Waals surface area contributed by atoms with Crippen molar-refractivity contribution in [3.8, 4) is 5.75 Å². The number of phenolic OH excluding ortho intramolecular Hbond substituents is 1. The summed E-state index contributed by atoms with van der Waals surface area (Å²) in [7, 11) is 0. The minimum absolute atomic E-state index is 0. The maximum Gasteiger partial charge on any atom is 0.142 e. The fraction of sp³-hybridized carbons (Fsp3) is 0.182. The molecule has 0 saturated carbocycles. The van der Waals surface area contributed by atoms with Gasteiger partial charge in [-0.15, -0.1) is 12.4 Å². The molecule has 0 amide bonds. The highest BCUT2D eigenvalue weighted by Gasteiger charge is 2.01. The molecule has 1 heterocycles. The number of benzene rings is 1. The van der Waals surface area contributed by atoms with E-state index < -0.39 is 0 Å². The van der Waals surface area contributed by atoms with Gasteiger partial charge in [0.2, 0.25) is 0 Å². The fourth-order valence-corrected chi connectivity index (χ4v) is 1.46. The Balaban J connectivity index is 0.000000980. The third-order valence-corrected chi connectivity index (χ3v) is 2.06. The van der Waals surface area contributed by atoms with Gasteiger partial charge in [0, 0.05) is 11.1 Å². The lowest BCUT2D eigenvalue weighted by molar-refractivity contribution is 0.480. The number of aryl methyl sites for hydroxylation is 2. The summed E-state index contributed by atoms with van der Waals surface area (Å²) in [6.07, 6.45) is 0. The Morgan fingerprint density at radius 1 is 1.14 bits per heavy atom. The molecule has 0 fully saturated rings. The van der Waals surface area contributed by atoms with Gasteiger partial charge < -0.3 is 5.11 Å². The summed E-state index contributed by atoms with van der Waals surface area (Å²) >= 11 is 0. The minimum Gasteiger partial charge on any atom is -0.506 e. The summed E-state index contributed by atoms with van der Waals surface area (Å²) in [5.41, 5.74) is 2.66. The summed E-state index contributed by atoms with van der Waals surface area (Å²) in [5.74, 6) is 0.263. The number of pyridine rings is 1. The van der Waals surface area contributed by atoms with Crippen LogP contribution >= 0.6 is 12.4 Å². The highest BCUT2D eigenvalue weighted by atomic mass is 35.5. The standard InChI is InChI=1S/C11H11NO.ClH/c1-7-5-9-4-3-8(2)12-11(9)10(13)6-7;/h3-6,13H,1-2H3;1H. The second kappa shape index (κ2) is 3.84. The van der Waals surface area contributed by atoms with E-state index in [-0.39, 0.29) is 18.2 Å². The summed E-state index contributed by atoms with van der Waals surface area (Å²) in [4.78, 5) is 4.27. The second-order valence-electron chi connectivity index (χ2n) is 3.31. The van der Waals surface area contributed by atoms with Crippen LogP contribution in [0.3, 0.4) is 0 Å². The minimum atomic E-state index is 0. The molecule has 0 aliphatic rings. The van der Waals surface area contributed by atoms with Gasteiger partial charge >= 0.3 is 0 Å². The molecule has 0 aliphatic carbocycles. The van der Waals surface area contributed by atoms with Gasteiger partial charge in [-0.3, -0.25) is 0 Å². The van der Waals surface area contributed by atoms with Gasteiger partial charge in [0.05, 0.1) is 0 Å². The Morgan fingerprint density at radius 3 is 2.57 bits per heavy atom. The van der Waals surface area contributed by atoms with E-state index in [1.54, 1.807) is 6.07 Å². The topological polar surface area (TPSA) is 33.1 Å². The van der Waals surface area contributed by atoms with Gasteiger partial charge in [-0.1, -0.05) is 6.07 Å². The lowest BCUT2D eigenvalue weighted by Gasteiger charge is -2.02. The molecule has 0 unspecified atom stereocenters. The molecule has 0 atom stereocenters. The van der Waals surface area contributed by atoms with E-state index in [4.69, 9.17) is 0 Å². The zero-order valence-electron chi connectivity index (χ0n) is 8.11. The molecule has 0 aliphatic heterocycles. The number of aromatic hydroxyl groups is 1. The number of nitrogens with zero attached hydrogens (tertiary/aromatic N) is 1. The summed E-state index contributed by atoms with van der Waals surface area (Å²) in [6, 6.07) is 7.67. The normalized spacial score (nSPS) is 9.86. The summed E-state index contributed by atoms with van der Waals surface area (Å²) in [6.45, 7) is 3.87. The van der Waals surface area contributed by atoms with Crippen molar-refractivity contribution in [2.24, 2.45) is 0 Å².